The van der Waals surface area contributed by atoms with E-state index in [9.17, 15) is 0 Å². The number of benzene rings is 11. The van der Waals surface area contributed by atoms with Crippen LogP contribution in [0.4, 0.5) is 0 Å². The summed E-state index contributed by atoms with van der Waals surface area (Å²) in [4.78, 5) is 10.5. The third-order valence-corrected chi connectivity index (χ3v) is 16.1. The standard InChI is InChI=1S/C72H48N4/c1-46(48-22-7-3-8-23-48)73-71(49-24-9-4-10-25-49)74-47(2)54-33-21-37-67-68(54)60-45-51(39-43-66(60)75(67)52-26-11-5-12-27-52)50-38-42-65-59(44-50)57-40-41-64-69(70(57)76(65)53-28-13-6-14-29-53)58-32-17-20-36-63(58)72(64)61-34-18-15-30-55(61)56-31-16-19-35-62(56)72/h3-45H,2H2,1H3. The van der Waals surface area contributed by atoms with E-state index in [4.69, 9.17) is 16.6 Å². The normalized spacial score (nSPS) is 13.4. The molecule has 0 saturated carbocycles. The van der Waals surface area contributed by atoms with E-state index < -0.39 is 5.41 Å². The highest BCUT2D eigenvalue weighted by atomic mass is 15.0. The van der Waals surface area contributed by atoms with E-state index >= 15 is 0 Å². The third-order valence-electron chi connectivity index (χ3n) is 16.1. The molecule has 0 fully saturated rings. The summed E-state index contributed by atoms with van der Waals surface area (Å²) in [5, 5.41) is 4.65. The summed E-state index contributed by atoms with van der Waals surface area (Å²) in [7, 11) is 0. The van der Waals surface area contributed by atoms with Gasteiger partial charge in [-0.2, -0.15) is 0 Å². The van der Waals surface area contributed by atoms with Crippen LogP contribution in [-0.2, 0) is 5.41 Å². The largest absolute Gasteiger partial charge is 0.309 e. The molecule has 11 aromatic carbocycles. The summed E-state index contributed by atoms with van der Waals surface area (Å²) < 4.78 is 4.88. The second-order valence-electron chi connectivity index (χ2n) is 20.1. The van der Waals surface area contributed by atoms with Crippen LogP contribution in [0.2, 0.25) is 0 Å². The molecule has 0 atom stereocenters. The van der Waals surface area contributed by atoms with Crippen LogP contribution in [0, 0.1) is 0 Å². The molecule has 13 aromatic rings. The van der Waals surface area contributed by atoms with Gasteiger partial charge in [-0.15, -0.1) is 0 Å². The van der Waals surface area contributed by atoms with Crippen LogP contribution in [-0.4, -0.2) is 20.7 Å². The number of para-hydroxylation sites is 2. The Balaban J connectivity index is 0.949. The fourth-order valence-corrected chi connectivity index (χ4v) is 12.9. The molecule has 4 heteroatoms. The molecule has 356 valence electrons. The van der Waals surface area contributed by atoms with Crippen molar-refractivity contribution >= 4 is 60.9 Å². The van der Waals surface area contributed by atoms with Crippen molar-refractivity contribution in [2.75, 3.05) is 0 Å². The highest BCUT2D eigenvalue weighted by Gasteiger charge is 2.52. The molecule has 2 heterocycles. The SMILES string of the molecule is C=C(N=C(N=C(C)c1ccccc1)c1ccccc1)c1cccc2c1c1cc(-c3ccc4c(c3)c3ccc5c(c3n4-c3ccccc3)-c3ccccc3C53c4ccccc4-c4ccccc43)ccc1n2-c1ccccc1. The minimum atomic E-state index is -0.447. The minimum Gasteiger partial charge on any atom is -0.309 e. The predicted octanol–water partition coefficient (Wildman–Crippen LogP) is 17.8. The summed E-state index contributed by atoms with van der Waals surface area (Å²) in [5.74, 6) is 0.613. The molecule has 76 heavy (non-hydrogen) atoms. The van der Waals surface area contributed by atoms with Crippen LogP contribution >= 0.6 is 0 Å². The first-order chi connectivity index (χ1) is 37.6. The fraction of sp³-hybridized carbons (Fsp3) is 0.0278. The van der Waals surface area contributed by atoms with Gasteiger partial charge in [0.25, 0.3) is 0 Å². The molecule has 0 N–H and O–H groups in total. The van der Waals surface area contributed by atoms with Gasteiger partial charge in [-0.3, -0.25) is 0 Å². The molecule has 0 saturated heterocycles. The summed E-state index contributed by atoms with van der Waals surface area (Å²) in [6.07, 6.45) is 0. The zero-order valence-corrected chi connectivity index (χ0v) is 41.8. The summed E-state index contributed by atoms with van der Waals surface area (Å²) in [6, 6.07) is 94.6. The third kappa shape index (κ3) is 6.37. The molecule has 15 rings (SSSR count). The van der Waals surface area contributed by atoms with Gasteiger partial charge >= 0.3 is 0 Å². The van der Waals surface area contributed by atoms with E-state index in [1.54, 1.807) is 0 Å². The van der Waals surface area contributed by atoms with Gasteiger partial charge in [0.2, 0.25) is 0 Å². The summed E-state index contributed by atoms with van der Waals surface area (Å²) in [6.45, 7) is 6.74. The maximum atomic E-state index is 5.30. The van der Waals surface area contributed by atoms with E-state index in [0.717, 1.165) is 66.7 Å². The summed E-state index contributed by atoms with van der Waals surface area (Å²) in [5.41, 5.74) is 23.6. The van der Waals surface area contributed by atoms with Crippen molar-refractivity contribution in [1.29, 1.82) is 0 Å². The van der Waals surface area contributed by atoms with E-state index in [1.165, 1.54) is 66.3 Å². The monoisotopic (exact) mass is 968 g/mol. The molecule has 2 aliphatic rings. The molecule has 0 bridgehead atoms. The Kier molecular flexibility index (Phi) is 9.82. The Morgan fingerprint density at radius 1 is 0.395 bits per heavy atom. The molecular formula is C72H48N4. The zero-order chi connectivity index (χ0) is 50.5. The van der Waals surface area contributed by atoms with Crippen LogP contribution in [0.5, 0.6) is 0 Å². The smallest absolute Gasteiger partial charge is 0.160 e. The van der Waals surface area contributed by atoms with Crippen LogP contribution in [0.15, 0.2) is 277 Å². The van der Waals surface area contributed by atoms with Crippen LogP contribution in [0.25, 0.3) is 94.1 Å². The number of hydrogen-bond donors (Lipinski definition) is 0. The lowest BCUT2D eigenvalue weighted by molar-refractivity contribution is 0.794. The molecule has 4 nitrogen and oxygen atoms in total. The maximum absolute atomic E-state index is 5.30. The maximum Gasteiger partial charge on any atom is 0.160 e. The fourth-order valence-electron chi connectivity index (χ4n) is 12.9. The molecular weight excluding hydrogens is 921 g/mol. The van der Waals surface area contributed by atoms with E-state index in [0.29, 0.717) is 11.5 Å². The van der Waals surface area contributed by atoms with Gasteiger partial charge < -0.3 is 9.13 Å². The molecule has 2 aromatic heterocycles. The van der Waals surface area contributed by atoms with E-state index in [2.05, 4.69) is 234 Å². The van der Waals surface area contributed by atoms with Gasteiger partial charge in [-0.25, -0.2) is 9.98 Å². The molecule has 0 radical (unpaired) electrons. The quantitative estimate of drug-likeness (QED) is 0.113. The van der Waals surface area contributed by atoms with Crippen molar-refractivity contribution in [3.8, 4) is 44.8 Å². The second-order valence-corrected chi connectivity index (χ2v) is 20.1. The van der Waals surface area contributed by atoms with E-state index in [1.807, 2.05) is 43.3 Å². The van der Waals surface area contributed by atoms with Gasteiger partial charge in [0.1, 0.15) is 0 Å². The zero-order valence-electron chi connectivity index (χ0n) is 41.8. The minimum absolute atomic E-state index is 0.447. The van der Waals surface area contributed by atoms with E-state index in [-0.39, 0.29) is 0 Å². The molecule has 0 amide bonds. The van der Waals surface area contributed by atoms with Gasteiger partial charge in [0.05, 0.1) is 33.2 Å². The lowest BCUT2D eigenvalue weighted by atomic mass is 9.70. The highest BCUT2D eigenvalue weighted by molar-refractivity contribution is 6.19. The van der Waals surface area contributed by atoms with Crippen molar-refractivity contribution in [3.05, 3.63) is 306 Å². The number of hydrogen-bond acceptors (Lipinski definition) is 1. The second kappa shape index (κ2) is 17.1. The molecule has 0 unspecified atom stereocenters. The molecule has 2 aliphatic carbocycles. The first-order valence-corrected chi connectivity index (χ1v) is 26.1. The van der Waals surface area contributed by atoms with Crippen molar-refractivity contribution in [1.82, 2.24) is 9.13 Å². The number of nitrogens with zero attached hydrogens (tertiary/aromatic N) is 4. The van der Waals surface area contributed by atoms with Crippen molar-refractivity contribution in [2.45, 2.75) is 12.3 Å². The average molecular weight is 969 g/mol. The molecule has 1 spiro atoms. The number of aromatic nitrogens is 2. The number of aliphatic imine (C=N–C) groups is 2. The average Bonchev–Trinajstić information content (AvgIpc) is 4.23. The van der Waals surface area contributed by atoms with Crippen LogP contribution in [0.3, 0.4) is 0 Å². The Morgan fingerprint density at radius 2 is 0.908 bits per heavy atom. The Morgan fingerprint density at radius 3 is 1.54 bits per heavy atom. The van der Waals surface area contributed by atoms with Crippen molar-refractivity contribution < 1.29 is 0 Å². The van der Waals surface area contributed by atoms with Gasteiger partial charge in [-0.1, -0.05) is 213 Å². The number of fused-ring (bicyclic) bond motifs is 17. The molecule has 0 aliphatic heterocycles. The van der Waals surface area contributed by atoms with Crippen LogP contribution < -0.4 is 0 Å². The van der Waals surface area contributed by atoms with Gasteiger partial charge in [-0.05, 0) is 117 Å². The van der Waals surface area contributed by atoms with Gasteiger partial charge in [0.15, 0.2) is 5.84 Å². The van der Waals surface area contributed by atoms with Crippen molar-refractivity contribution in [2.24, 2.45) is 9.98 Å². The summed E-state index contributed by atoms with van der Waals surface area (Å²) >= 11 is 0. The Hall–Kier alpha value is -9.90. The predicted molar refractivity (Wildman–Crippen MR) is 318 cm³/mol. The van der Waals surface area contributed by atoms with Gasteiger partial charge in [0, 0.05) is 55.3 Å². The topological polar surface area (TPSA) is 34.6 Å². The Labute approximate surface area is 441 Å². The van der Waals surface area contributed by atoms with Crippen LogP contribution in [0.1, 0.15) is 45.9 Å². The first-order valence-electron chi connectivity index (χ1n) is 26.1. The lowest BCUT2D eigenvalue weighted by Gasteiger charge is -2.30. The Bertz CT molecular complexity index is 4530. The van der Waals surface area contributed by atoms with Crippen molar-refractivity contribution in [3.63, 3.8) is 0 Å². The highest BCUT2D eigenvalue weighted by Crippen LogP contribution is 2.64. The number of amidine groups is 1. The lowest BCUT2D eigenvalue weighted by Crippen LogP contribution is -2.25. The first kappa shape index (κ1) is 43.7. The number of rotatable bonds is 7.